The molecule has 0 saturated carbocycles. The highest BCUT2D eigenvalue weighted by molar-refractivity contribution is 5.87. The molecule has 0 heterocycles. The Morgan fingerprint density at radius 2 is 1.55 bits per heavy atom. The summed E-state index contributed by atoms with van der Waals surface area (Å²) >= 11 is 0. The molecule has 0 bridgehead atoms. The van der Waals surface area contributed by atoms with E-state index in [0.29, 0.717) is 11.4 Å². The number of carbonyl (C=O) groups is 1. The van der Waals surface area contributed by atoms with Crippen LogP contribution in [-0.4, -0.2) is 6.03 Å². The number of primary amides is 1. The van der Waals surface area contributed by atoms with Gasteiger partial charge in [-0.2, -0.15) is 0 Å². The summed E-state index contributed by atoms with van der Waals surface area (Å²) in [5.74, 6) is -1.19. The summed E-state index contributed by atoms with van der Waals surface area (Å²) in [7, 11) is 0. The Bertz CT molecular complexity index is 594. The maximum atomic E-state index is 13.4. The molecule has 4 nitrogen and oxygen atoms in total. The number of amides is 2. The first-order valence-electron chi connectivity index (χ1n) is 5.89. The Kier molecular flexibility index (Phi) is 4.14. The minimum atomic E-state index is -0.654. The second-order valence-electron chi connectivity index (χ2n) is 4.12. The average molecular weight is 277 g/mol. The smallest absolute Gasteiger partial charge is 0.316 e. The van der Waals surface area contributed by atoms with E-state index in [-0.39, 0.29) is 12.1 Å². The van der Waals surface area contributed by atoms with Crippen LogP contribution < -0.4 is 16.4 Å². The summed E-state index contributed by atoms with van der Waals surface area (Å²) in [6.45, 7) is 0.0289. The molecule has 2 aromatic carbocycles. The lowest BCUT2D eigenvalue weighted by Crippen LogP contribution is -2.19. The number of nitrogens with one attached hydrogen (secondary N) is 2. The number of urea groups is 1. The Labute approximate surface area is 114 Å². The van der Waals surface area contributed by atoms with Crippen molar-refractivity contribution in [2.45, 2.75) is 6.54 Å². The Balaban J connectivity index is 2.02. The van der Waals surface area contributed by atoms with Crippen molar-refractivity contribution in [1.82, 2.24) is 0 Å². The highest BCUT2D eigenvalue weighted by Crippen LogP contribution is 2.17. The van der Waals surface area contributed by atoms with Gasteiger partial charge in [0.2, 0.25) is 0 Å². The monoisotopic (exact) mass is 277 g/mol. The lowest BCUT2D eigenvalue weighted by Gasteiger charge is -2.09. The van der Waals surface area contributed by atoms with Crippen LogP contribution in [0.15, 0.2) is 42.5 Å². The van der Waals surface area contributed by atoms with Gasteiger partial charge in [0.1, 0.15) is 11.6 Å². The van der Waals surface area contributed by atoms with Crippen LogP contribution in [0.1, 0.15) is 5.56 Å². The zero-order chi connectivity index (χ0) is 14.5. The van der Waals surface area contributed by atoms with E-state index >= 15 is 0 Å². The van der Waals surface area contributed by atoms with Gasteiger partial charge in [-0.05, 0) is 36.4 Å². The fourth-order valence-electron chi connectivity index (χ4n) is 1.71. The molecule has 0 aliphatic rings. The van der Waals surface area contributed by atoms with Crippen LogP contribution in [-0.2, 0) is 6.54 Å². The zero-order valence-electron chi connectivity index (χ0n) is 10.5. The van der Waals surface area contributed by atoms with Crippen LogP contribution in [0.25, 0.3) is 0 Å². The van der Waals surface area contributed by atoms with Crippen LogP contribution in [0, 0.1) is 11.6 Å². The topological polar surface area (TPSA) is 67.2 Å². The van der Waals surface area contributed by atoms with E-state index in [2.05, 4.69) is 10.6 Å². The van der Waals surface area contributed by atoms with Gasteiger partial charge in [0, 0.05) is 23.5 Å². The first kappa shape index (κ1) is 13.8. The molecule has 0 radical (unpaired) electrons. The number of hydrogen-bond donors (Lipinski definition) is 3. The number of hydrogen-bond acceptors (Lipinski definition) is 2. The molecule has 0 aliphatic heterocycles. The molecule has 4 N–H and O–H groups in total. The van der Waals surface area contributed by atoms with E-state index in [1.807, 2.05) is 0 Å². The molecule has 2 aromatic rings. The van der Waals surface area contributed by atoms with Crippen LogP contribution in [0.4, 0.5) is 25.0 Å². The van der Waals surface area contributed by atoms with Crippen molar-refractivity contribution < 1.29 is 13.6 Å². The van der Waals surface area contributed by atoms with Gasteiger partial charge in [0.05, 0.1) is 0 Å². The van der Waals surface area contributed by atoms with Crippen molar-refractivity contribution in [3.8, 4) is 0 Å². The van der Waals surface area contributed by atoms with Crippen molar-refractivity contribution in [3.63, 3.8) is 0 Å². The minimum absolute atomic E-state index is 0.0214. The van der Waals surface area contributed by atoms with Gasteiger partial charge in [-0.3, -0.25) is 0 Å². The Morgan fingerprint density at radius 3 is 2.10 bits per heavy atom. The normalized spacial score (nSPS) is 10.1. The van der Waals surface area contributed by atoms with Crippen molar-refractivity contribution in [1.29, 1.82) is 0 Å². The fourth-order valence-corrected chi connectivity index (χ4v) is 1.71. The van der Waals surface area contributed by atoms with E-state index in [1.54, 1.807) is 24.3 Å². The predicted octanol–water partition coefficient (Wildman–Crippen LogP) is 3.07. The third-order valence-corrected chi connectivity index (χ3v) is 2.68. The van der Waals surface area contributed by atoms with Crippen molar-refractivity contribution in [2.24, 2.45) is 5.73 Å². The van der Waals surface area contributed by atoms with Gasteiger partial charge in [0.15, 0.2) is 0 Å². The van der Waals surface area contributed by atoms with E-state index in [4.69, 9.17) is 5.73 Å². The summed E-state index contributed by atoms with van der Waals surface area (Å²) in [5.41, 5.74) is 6.17. The van der Waals surface area contributed by atoms with E-state index in [9.17, 15) is 13.6 Å². The van der Waals surface area contributed by atoms with E-state index in [0.717, 1.165) is 0 Å². The largest absolute Gasteiger partial charge is 0.381 e. The summed E-state index contributed by atoms with van der Waals surface area (Å²) in [5, 5.41) is 5.31. The Morgan fingerprint density at radius 1 is 1.00 bits per heavy atom. The van der Waals surface area contributed by atoms with Gasteiger partial charge in [0.25, 0.3) is 0 Å². The zero-order valence-corrected chi connectivity index (χ0v) is 10.5. The van der Waals surface area contributed by atoms with Crippen molar-refractivity contribution >= 4 is 17.4 Å². The number of benzene rings is 2. The maximum absolute atomic E-state index is 13.4. The number of anilines is 2. The summed E-state index contributed by atoms with van der Waals surface area (Å²) in [6, 6.07) is 9.68. The van der Waals surface area contributed by atoms with E-state index in [1.165, 1.54) is 18.2 Å². The lowest BCUT2D eigenvalue weighted by molar-refractivity contribution is 0.259. The van der Waals surface area contributed by atoms with Crippen molar-refractivity contribution in [2.75, 3.05) is 10.6 Å². The SMILES string of the molecule is NC(=O)Nc1ccc(NCc2c(F)cccc2F)cc1. The highest BCUT2D eigenvalue weighted by Gasteiger charge is 2.07. The molecule has 0 atom stereocenters. The number of nitrogens with two attached hydrogens (primary N) is 1. The van der Waals surface area contributed by atoms with E-state index < -0.39 is 17.7 Å². The minimum Gasteiger partial charge on any atom is -0.381 e. The molecule has 2 rings (SSSR count). The summed E-state index contributed by atoms with van der Waals surface area (Å²) in [6.07, 6.45) is 0. The van der Waals surface area contributed by atoms with Crippen LogP contribution in [0.3, 0.4) is 0 Å². The Hall–Kier alpha value is -2.63. The average Bonchev–Trinajstić information content (AvgIpc) is 2.39. The molecule has 0 fully saturated rings. The molecule has 104 valence electrons. The molecular weight excluding hydrogens is 264 g/mol. The summed E-state index contributed by atoms with van der Waals surface area (Å²) in [4.78, 5) is 10.7. The molecular formula is C14H13F2N3O. The predicted molar refractivity (Wildman–Crippen MR) is 73.3 cm³/mol. The van der Waals surface area contributed by atoms with Gasteiger partial charge in [-0.25, -0.2) is 13.6 Å². The number of rotatable bonds is 4. The number of carbonyl (C=O) groups excluding carboxylic acids is 1. The van der Waals surface area contributed by atoms with Gasteiger partial charge >= 0.3 is 6.03 Å². The first-order chi connectivity index (χ1) is 9.56. The molecule has 6 heteroatoms. The van der Waals surface area contributed by atoms with Crippen LogP contribution in [0.5, 0.6) is 0 Å². The second-order valence-corrected chi connectivity index (χ2v) is 4.12. The molecule has 0 aromatic heterocycles. The number of halogens is 2. The molecule has 0 saturated heterocycles. The molecule has 0 spiro atoms. The van der Waals surface area contributed by atoms with Crippen LogP contribution >= 0.6 is 0 Å². The molecule has 0 aliphatic carbocycles. The standard InChI is InChI=1S/C14H13F2N3O/c15-12-2-1-3-13(16)11(12)8-18-9-4-6-10(7-5-9)19-14(17)20/h1-7,18H,8H2,(H3,17,19,20). The van der Waals surface area contributed by atoms with Gasteiger partial charge in [-0.15, -0.1) is 0 Å². The lowest BCUT2D eigenvalue weighted by atomic mass is 10.2. The maximum Gasteiger partial charge on any atom is 0.316 e. The third kappa shape index (κ3) is 3.44. The first-order valence-corrected chi connectivity index (χ1v) is 5.89. The quantitative estimate of drug-likeness (QED) is 0.804. The highest BCUT2D eigenvalue weighted by atomic mass is 19.1. The second kappa shape index (κ2) is 6.01. The van der Waals surface area contributed by atoms with Gasteiger partial charge in [-0.1, -0.05) is 6.07 Å². The van der Waals surface area contributed by atoms with Crippen LogP contribution in [0.2, 0.25) is 0 Å². The molecule has 0 unspecified atom stereocenters. The van der Waals surface area contributed by atoms with Crippen molar-refractivity contribution in [3.05, 3.63) is 59.7 Å². The summed E-state index contributed by atoms with van der Waals surface area (Å²) < 4.78 is 26.8. The molecule has 2 amide bonds. The van der Waals surface area contributed by atoms with Gasteiger partial charge < -0.3 is 16.4 Å². The fraction of sp³-hybridized carbons (Fsp3) is 0.0714. The third-order valence-electron chi connectivity index (χ3n) is 2.68. The molecule has 20 heavy (non-hydrogen) atoms.